The molecule has 112 valence electrons. The van der Waals surface area contributed by atoms with E-state index >= 15 is 0 Å². The molecule has 1 saturated heterocycles. The summed E-state index contributed by atoms with van der Waals surface area (Å²) in [5.74, 6) is -2.12. The van der Waals surface area contributed by atoms with Crippen molar-refractivity contribution >= 4 is 5.78 Å². The average molecular weight is 284 g/mol. The summed E-state index contributed by atoms with van der Waals surface area (Å²) in [7, 11) is 0. The van der Waals surface area contributed by atoms with Gasteiger partial charge < -0.3 is 0 Å². The van der Waals surface area contributed by atoms with E-state index in [1.165, 1.54) is 0 Å². The number of ketones is 1. The molecular formula is C15H22F2N2O. The van der Waals surface area contributed by atoms with Crippen LogP contribution in [-0.2, 0) is 4.79 Å². The van der Waals surface area contributed by atoms with Crippen molar-refractivity contribution in [3.63, 3.8) is 0 Å². The van der Waals surface area contributed by atoms with Gasteiger partial charge in [0.1, 0.15) is 11.3 Å². The Bertz CT molecular complexity index is 389. The molecule has 0 aromatic heterocycles. The molecule has 3 fully saturated rings. The molecule has 5 heteroatoms. The fourth-order valence-corrected chi connectivity index (χ4v) is 3.33. The first kappa shape index (κ1) is 15.4. The van der Waals surface area contributed by atoms with Crippen molar-refractivity contribution in [1.29, 1.82) is 5.26 Å². The number of nitriles is 1. The molecular weight excluding hydrogens is 262 g/mol. The smallest absolute Gasteiger partial charge is 0.261 e. The summed E-state index contributed by atoms with van der Waals surface area (Å²) in [5, 5.41) is 9.11. The molecule has 0 unspecified atom stereocenters. The second-order valence-corrected chi connectivity index (χ2v) is 6.12. The van der Waals surface area contributed by atoms with E-state index in [0.717, 1.165) is 51.4 Å². The van der Waals surface area contributed by atoms with E-state index in [9.17, 15) is 13.6 Å². The molecule has 0 radical (unpaired) electrons. The average Bonchev–Trinajstić information content (AvgIpc) is 3.11. The Kier molecular flexibility index (Phi) is 4.74. The summed E-state index contributed by atoms with van der Waals surface area (Å²) in [5.41, 5.74) is -0.570. The summed E-state index contributed by atoms with van der Waals surface area (Å²) in [6.07, 6.45) is 7.40. The zero-order valence-corrected chi connectivity index (χ0v) is 11.8. The summed E-state index contributed by atoms with van der Waals surface area (Å²) < 4.78 is 26.0. The number of Topliss-reactive ketones (excluding diaryl/α,β-unsaturated/α-hetero) is 1. The number of alkyl halides is 2. The van der Waals surface area contributed by atoms with Crippen LogP contribution in [0.1, 0.15) is 57.8 Å². The van der Waals surface area contributed by atoms with Gasteiger partial charge >= 0.3 is 0 Å². The molecule has 3 aliphatic rings. The maximum Gasteiger partial charge on any atom is 0.261 e. The van der Waals surface area contributed by atoms with Crippen LogP contribution in [0.15, 0.2) is 0 Å². The van der Waals surface area contributed by atoms with Crippen molar-refractivity contribution in [3.05, 3.63) is 0 Å². The van der Waals surface area contributed by atoms with Gasteiger partial charge in [-0.2, -0.15) is 5.26 Å². The largest absolute Gasteiger partial charge is 0.300 e. The van der Waals surface area contributed by atoms with Crippen molar-refractivity contribution < 1.29 is 13.6 Å². The Labute approximate surface area is 118 Å². The van der Waals surface area contributed by atoms with Gasteiger partial charge in [-0.15, -0.1) is 0 Å². The minimum atomic E-state index is -2.58. The third-order valence-electron chi connectivity index (χ3n) is 4.58. The summed E-state index contributed by atoms with van der Waals surface area (Å²) in [4.78, 5) is 11.9. The molecule has 1 heterocycles. The van der Waals surface area contributed by atoms with Gasteiger partial charge in [0.05, 0.1) is 12.6 Å². The fraction of sp³-hybridized carbons (Fsp3) is 0.867. The highest BCUT2D eigenvalue weighted by Crippen LogP contribution is 2.40. The quantitative estimate of drug-likeness (QED) is 0.742. The van der Waals surface area contributed by atoms with Gasteiger partial charge in [-0.25, -0.2) is 8.78 Å². The van der Waals surface area contributed by atoms with Crippen LogP contribution in [0.2, 0.25) is 0 Å². The van der Waals surface area contributed by atoms with E-state index in [2.05, 4.69) is 6.07 Å². The number of carbonyl (C=O) groups excluding carboxylic acids is 1. The van der Waals surface area contributed by atoms with Crippen molar-refractivity contribution in [1.82, 2.24) is 4.90 Å². The van der Waals surface area contributed by atoms with Gasteiger partial charge in [0.25, 0.3) is 5.92 Å². The first-order chi connectivity index (χ1) is 9.47. The predicted molar refractivity (Wildman–Crippen MR) is 71.4 cm³/mol. The number of hydrogen-bond donors (Lipinski definition) is 0. The van der Waals surface area contributed by atoms with Crippen LogP contribution in [0, 0.1) is 11.3 Å². The molecule has 1 aliphatic heterocycles. The molecule has 0 aromatic carbocycles. The van der Waals surface area contributed by atoms with Gasteiger partial charge in [0.2, 0.25) is 0 Å². The van der Waals surface area contributed by atoms with Crippen LogP contribution < -0.4 is 0 Å². The van der Waals surface area contributed by atoms with Crippen molar-refractivity contribution in [2.75, 3.05) is 13.1 Å². The zero-order valence-electron chi connectivity index (χ0n) is 11.8. The van der Waals surface area contributed by atoms with E-state index in [1.54, 1.807) is 4.90 Å². The normalized spacial score (nSPS) is 27.9. The molecule has 0 amide bonds. The van der Waals surface area contributed by atoms with Gasteiger partial charge in [-0.1, -0.05) is 12.8 Å². The number of hydrogen-bond acceptors (Lipinski definition) is 3. The standard InChI is InChI=1S/C10H14F2N2.C5H8O/c11-10(12)5-6-14(8-10)9(7-13)3-1-2-4-9;6-5-3-1-2-4-5/h1-6,8H2;1-4H2. The van der Waals surface area contributed by atoms with E-state index in [1.807, 2.05) is 0 Å². The third-order valence-corrected chi connectivity index (χ3v) is 4.58. The van der Waals surface area contributed by atoms with Gasteiger partial charge in [0.15, 0.2) is 0 Å². The van der Waals surface area contributed by atoms with E-state index in [4.69, 9.17) is 5.26 Å². The molecule has 0 spiro atoms. The lowest BCUT2D eigenvalue weighted by Crippen LogP contribution is -2.45. The molecule has 3 nitrogen and oxygen atoms in total. The fourth-order valence-electron chi connectivity index (χ4n) is 3.33. The molecule has 0 atom stereocenters. The monoisotopic (exact) mass is 284 g/mol. The Hall–Kier alpha value is -1.02. The second kappa shape index (κ2) is 6.17. The number of nitrogens with zero attached hydrogens (tertiary/aromatic N) is 2. The Morgan fingerprint density at radius 1 is 1.05 bits per heavy atom. The SMILES string of the molecule is N#CC1(N2CCC(F)(F)C2)CCCC1.O=C1CCCC1. The van der Waals surface area contributed by atoms with Gasteiger partial charge in [0, 0.05) is 25.8 Å². The first-order valence-corrected chi connectivity index (χ1v) is 7.53. The van der Waals surface area contributed by atoms with Crippen LogP contribution >= 0.6 is 0 Å². The molecule has 20 heavy (non-hydrogen) atoms. The Balaban J connectivity index is 0.000000205. The minimum absolute atomic E-state index is 0.0869. The highest BCUT2D eigenvalue weighted by Gasteiger charge is 2.48. The van der Waals surface area contributed by atoms with Crippen LogP contribution in [0.5, 0.6) is 0 Å². The number of carbonyl (C=O) groups is 1. The van der Waals surface area contributed by atoms with Crippen molar-refractivity contribution in [2.45, 2.75) is 69.2 Å². The van der Waals surface area contributed by atoms with Crippen LogP contribution in [0.4, 0.5) is 8.78 Å². The van der Waals surface area contributed by atoms with E-state index in [-0.39, 0.29) is 13.0 Å². The van der Waals surface area contributed by atoms with Crippen LogP contribution in [0.25, 0.3) is 0 Å². The highest BCUT2D eigenvalue weighted by molar-refractivity contribution is 5.80. The second-order valence-electron chi connectivity index (χ2n) is 6.12. The third kappa shape index (κ3) is 3.54. The van der Waals surface area contributed by atoms with Gasteiger partial charge in [-0.3, -0.25) is 9.69 Å². The maximum absolute atomic E-state index is 13.0. The molecule has 2 aliphatic carbocycles. The molecule has 0 N–H and O–H groups in total. The zero-order chi connectivity index (χ0) is 14.6. The molecule has 0 aromatic rings. The van der Waals surface area contributed by atoms with Crippen LogP contribution in [-0.4, -0.2) is 35.2 Å². The Morgan fingerprint density at radius 2 is 1.65 bits per heavy atom. The number of rotatable bonds is 1. The van der Waals surface area contributed by atoms with E-state index in [0.29, 0.717) is 12.3 Å². The number of likely N-dealkylation sites (tertiary alicyclic amines) is 1. The molecule has 3 rings (SSSR count). The van der Waals surface area contributed by atoms with Crippen molar-refractivity contribution in [2.24, 2.45) is 0 Å². The lowest BCUT2D eigenvalue weighted by atomic mass is 9.98. The topological polar surface area (TPSA) is 44.1 Å². The van der Waals surface area contributed by atoms with Gasteiger partial charge in [-0.05, 0) is 25.7 Å². The molecule has 2 saturated carbocycles. The maximum atomic E-state index is 13.0. The molecule has 0 bridgehead atoms. The first-order valence-electron chi connectivity index (χ1n) is 7.53. The minimum Gasteiger partial charge on any atom is -0.300 e. The van der Waals surface area contributed by atoms with Crippen molar-refractivity contribution in [3.8, 4) is 6.07 Å². The lowest BCUT2D eigenvalue weighted by Gasteiger charge is -2.31. The summed E-state index contributed by atoms with van der Waals surface area (Å²) >= 11 is 0. The summed E-state index contributed by atoms with van der Waals surface area (Å²) in [6.45, 7) is 0.154. The van der Waals surface area contributed by atoms with E-state index < -0.39 is 11.5 Å². The summed E-state index contributed by atoms with van der Waals surface area (Å²) in [6, 6.07) is 2.25. The Morgan fingerprint density at radius 3 is 2.00 bits per heavy atom. The highest BCUT2D eigenvalue weighted by atomic mass is 19.3. The predicted octanol–water partition coefficient (Wildman–Crippen LogP) is 3.29. The van der Waals surface area contributed by atoms with Crippen LogP contribution in [0.3, 0.4) is 0 Å². The number of halogens is 2. The lowest BCUT2D eigenvalue weighted by molar-refractivity contribution is -0.117.